The maximum Gasteiger partial charge on any atom is 0.128 e. The van der Waals surface area contributed by atoms with Gasteiger partial charge in [-0.1, -0.05) is 18.2 Å². The second-order valence-corrected chi connectivity index (χ2v) is 3.35. The second kappa shape index (κ2) is 5.28. The van der Waals surface area contributed by atoms with E-state index in [2.05, 4.69) is 4.98 Å². The molecule has 0 aliphatic carbocycles. The first-order valence-corrected chi connectivity index (χ1v) is 5.25. The summed E-state index contributed by atoms with van der Waals surface area (Å²) in [6.45, 7) is 1.03. The third kappa shape index (κ3) is 2.38. The van der Waals surface area contributed by atoms with Crippen molar-refractivity contribution in [3.05, 3.63) is 48.7 Å². The normalized spacial score (nSPS) is 10.1. The van der Waals surface area contributed by atoms with Crippen LogP contribution in [0.2, 0.25) is 0 Å². The van der Waals surface area contributed by atoms with Crippen LogP contribution in [0.15, 0.2) is 48.7 Å². The highest BCUT2D eigenvalue weighted by molar-refractivity contribution is 5.66. The third-order valence-corrected chi connectivity index (χ3v) is 2.20. The zero-order valence-corrected chi connectivity index (χ0v) is 8.97. The van der Waals surface area contributed by atoms with Crippen molar-refractivity contribution in [3.63, 3.8) is 0 Å². The Morgan fingerprint density at radius 2 is 1.88 bits per heavy atom. The number of hydrogen-bond donors (Lipinski definition) is 1. The SMILES string of the molecule is NCCOc1ccccc1-c1ccccn1. The molecule has 0 saturated carbocycles. The molecule has 1 aromatic heterocycles. The van der Waals surface area contributed by atoms with Crippen LogP contribution in [0.4, 0.5) is 0 Å². The minimum atomic E-state index is 0.510. The van der Waals surface area contributed by atoms with Crippen LogP contribution in [-0.2, 0) is 0 Å². The first kappa shape index (κ1) is 10.6. The highest BCUT2D eigenvalue weighted by Crippen LogP contribution is 2.27. The topological polar surface area (TPSA) is 48.1 Å². The Balaban J connectivity index is 2.33. The molecule has 3 heteroatoms. The molecule has 0 spiro atoms. The van der Waals surface area contributed by atoms with E-state index in [9.17, 15) is 0 Å². The van der Waals surface area contributed by atoms with Crippen LogP contribution < -0.4 is 10.5 Å². The Morgan fingerprint density at radius 3 is 2.62 bits per heavy atom. The molecule has 1 aromatic carbocycles. The summed E-state index contributed by atoms with van der Waals surface area (Å²) in [4.78, 5) is 4.31. The molecule has 0 bridgehead atoms. The van der Waals surface area contributed by atoms with Gasteiger partial charge in [-0.3, -0.25) is 4.98 Å². The van der Waals surface area contributed by atoms with Crippen LogP contribution in [0.5, 0.6) is 5.75 Å². The third-order valence-electron chi connectivity index (χ3n) is 2.20. The van der Waals surface area contributed by atoms with Crippen LogP contribution in [0.3, 0.4) is 0 Å². The van der Waals surface area contributed by atoms with Crippen LogP contribution in [-0.4, -0.2) is 18.1 Å². The summed E-state index contributed by atoms with van der Waals surface area (Å²) in [6.07, 6.45) is 1.77. The van der Waals surface area contributed by atoms with E-state index in [-0.39, 0.29) is 0 Å². The summed E-state index contributed by atoms with van der Waals surface area (Å²) in [7, 11) is 0. The predicted molar refractivity (Wildman–Crippen MR) is 64.2 cm³/mol. The van der Waals surface area contributed by atoms with E-state index in [1.807, 2.05) is 42.5 Å². The van der Waals surface area contributed by atoms with Gasteiger partial charge in [-0.25, -0.2) is 0 Å². The summed E-state index contributed by atoms with van der Waals surface area (Å²) in [6, 6.07) is 13.7. The number of aromatic nitrogens is 1. The highest BCUT2D eigenvalue weighted by atomic mass is 16.5. The predicted octanol–water partition coefficient (Wildman–Crippen LogP) is 2.09. The minimum Gasteiger partial charge on any atom is -0.492 e. The number of nitrogens with two attached hydrogens (primary N) is 1. The molecular weight excluding hydrogens is 200 g/mol. The zero-order valence-electron chi connectivity index (χ0n) is 8.97. The second-order valence-electron chi connectivity index (χ2n) is 3.35. The fourth-order valence-electron chi connectivity index (χ4n) is 1.50. The molecular formula is C13H14N2O. The molecule has 0 saturated heterocycles. The smallest absolute Gasteiger partial charge is 0.128 e. The fourth-order valence-corrected chi connectivity index (χ4v) is 1.50. The molecule has 0 aliphatic heterocycles. The minimum absolute atomic E-state index is 0.510. The molecule has 0 amide bonds. The number of pyridine rings is 1. The van der Waals surface area contributed by atoms with Gasteiger partial charge in [-0.2, -0.15) is 0 Å². The first-order valence-electron chi connectivity index (χ1n) is 5.25. The Morgan fingerprint density at radius 1 is 1.06 bits per heavy atom. The first-order chi connectivity index (χ1) is 7.92. The average Bonchev–Trinajstić information content (AvgIpc) is 2.38. The molecule has 0 aliphatic rings. The van der Waals surface area contributed by atoms with Crippen LogP contribution in [0, 0.1) is 0 Å². The van der Waals surface area contributed by atoms with Gasteiger partial charge in [0.25, 0.3) is 0 Å². The lowest BCUT2D eigenvalue weighted by Crippen LogP contribution is -2.11. The van der Waals surface area contributed by atoms with Gasteiger partial charge in [0.05, 0.1) is 5.69 Å². The van der Waals surface area contributed by atoms with E-state index in [4.69, 9.17) is 10.5 Å². The van der Waals surface area contributed by atoms with Crippen molar-refractivity contribution in [2.45, 2.75) is 0 Å². The molecule has 82 valence electrons. The van der Waals surface area contributed by atoms with Crippen molar-refractivity contribution in [2.24, 2.45) is 5.73 Å². The molecule has 0 radical (unpaired) electrons. The van der Waals surface area contributed by atoms with Gasteiger partial charge in [0, 0.05) is 18.3 Å². The van der Waals surface area contributed by atoms with E-state index in [0.29, 0.717) is 13.2 Å². The van der Waals surface area contributed by atoms with Crippen molar-refractivity contribution < 1.29 is 4.74 Å². The zero-order chi connectivity index (χ0) is 11.2. The standard InChI is InChI=1S/C13H14N2O/c14-8-10-16-13-7-2-1-5-11(13)12-6-3-4-9-15-12/h1-7,9H,8,10,14H2. The number of nitrogens with zero attached hydrogens (tertiary/aromatic N) is 1. The Kier molecular flexibility index (Phi) is 3.51. The highest BCUT2D eigenvalue weighted by Gasteiger charge is 2.05. The summed E-state index contributed by atoms with van der Waals surface area (Å²) in [5.41, 5.74) is 7.33. The lowest BCUT2D eigenvalue weighted by atomic mass is 10.1. The lowest BCUT2D eigenvalue weighted by molar-refractivity contribution is 0.329. The van der Waals surface area contributed by atoms with Crippen molar-refractivity contribution >= 4 is 0 Å². The molecule has 0 atom stereocenters. The van der Waals surface area contributed by atoms with E-state index < -0.39 is 0 Å². The molecule has 2 aromatic rings. The Hall–Kier alpha value is -1.87. The molecule has 0 fully saturated rings. The van der Waals surface area contributed by atoms with Gasteiger partial charge in [-0.05, 0) is 24.3 Å². The number of para-hydroxylation sites is 1. The van der Waals surface area contributed by atoms with Crippen LogP contribution in [0.25, 0.3) is 11.3 Å². The van der Waals surface area contributed by atoms with E-state index >= 15 is 0 Å². The van der Waals surface area contributed by atoms with Crippen LogP contribution in [0.1, 0.15) is 0 Å². The van der Waals surface area contributed by atoms with Crippen molar-refractivity contribution in [1.82, 2.24) is 4.98 Å². The van der Waals surface area contributed by atoms with E-state index in [1.54, 1.807) is 6.20 Å². The van der Waals surface area contributed by atoms with Gasteiger partial charge in [-0.15, -0.1) is 0 Å². The van der Waals surface area contributed by atoms with Gasteiger partial charge in [0.1, 0.15) is 12.4 Å². The molecule has 2 rings (SSSR count). The molecule has 0 unspecified atom stereocenters. The lowest BCUT2D eigenvalue weighted by Gasteiger charge is -2.09. The number of rotatable bonds is 4. The van der Waals surface area contributed by atoms with Gasteiger partial charge in [0.2, 0.25) is 0 Å². The van der Waals surface area contributed by atoms with Crippen LogP contribution >= 0.6 is 0 Å². The average molecular weight is 214 g/mol. The van der Waals surface area contributed by atoms with Gasteiger partial charge < -0.3 is 10.5 Å². The quantitative estimate of drug-likeness (QED) is 0.847. The Labute approximate surface area is 94.9 Å². The summed E-state index contributed by atoms with van der Waals surface area (Å²) in [5.74, 6) is 0.826. The monoisotopic (exact) mass is 214 g/mol. The number of ether oxygens (including phenoxy) is 1. The van der Waals surface area contributed by atoms with E-state index in [0.717, 1.165) is 17.0 Å². The molecule has 3 nitrogen and oxygen atoms in total. The molecule has 2 N–H and O–H groups in total. The summed E-state index contributed by atoms with van der Waals surface area (Å²) < 4.78 is 5.58. The largest absolute Gasteiger partial charge is 0.492 e. The molecule has 1 heterocycles. The molecule has 16 heavy (non-hydrogen) atoms. The Bertz CT molecular complexity index is 443. The maximum absolute atomic E-state index is 5.58. The van der Waals surface area contributed by atoms with Gasteiger partial charge >= 0.3 is 0 Å². The van der Waals surface area contributed by atoms with E-state index in [1.165, 1.54) is 0 Å². The summed E-state index contributed by atoms with van der Waals surface area (Å²) in [5, 5.41) is 0. The number of hydrogen-bond acceptors (Lipinski definition) is 3. The van der Waals surface area contributed by atoms with Gasteiger partial charge in [0.15, 0.2) is 0 Å². The maximum atomic E-state index is 5.58. The van der Waals surface area contributed by atoms with Crippen molar-refractivity contribution in [3.8, 4) is 17.0 Å². The summed E-state index contributed by atoms with van der Waals surface area (Å²) >= 11 is 0. The fraction of sp³-hybridized carbons (Fsp3) is 0.154. The van der Waals surface area contributed by atoms with Crippen molar-refractivity contribution in [2.75, 3.05) is 13.2 Å². The number of benzene rings is 1. The van der Waals surface area contributed by atoms with Crippen molar-refractivity contribution in [1.29, 1.82) is 0 Å².